The zero-order chi connectivity index (χ0) is 21.7. The van der Waals surface area contributed by atoms with E-state index in [1.54, 1.807) is 48.5 Å². The van der Waals surface area contributed by atoms with Crippen LogP contribution in [-0.4, -0.2) is 20.9 Å². The minimum atomic E-state index is -3.97. The molecule has 0 radical (unpaired) electrons. The number of anilines is 2. The predicted octanol–water partition coefficient (Wildman–Crippen LogP) is 5.39. The molecule has 0 spiro atoms. The summed E-state index contributed by atoms with van der Waals surface area (Å²) >= 11 is 12.1. The molecule has 0 aliphatic rings. The minimum absolute atomic E-state index is 0.0955. The van der Waals surface area contributed by atoms with Crippen LogP contribution in [0.5, 0.6) is 0 Å². The van der Waals surface area contributed by atoms with Gasteiger partial charge in [-0.1, -0.05) is 66.5 Å². The third-order valence-corrected chi connectivity index (χ3v) is 7.08. The molecule has 0 saturated carbocycles. The van der Waals surface area contributed by atoms with E-state index in [4.69, 9.17) is 23.2 Å². The van der Waals surface area contributed by atoms with E-state index in [1.165, 1.54) is 12.1 Å². The Balaban J connectivity index is 1.94. The van der Waals surface area contributed by atoms with Gasteiger partial charge in [0.05, 0.1) is 26.3 Å². The smallest absolute Gasteiger partial charge is 0.264 e. The SMILES string of the molecule is CCc1ccc(N(CC(=O)Nc2cccc(Cl)c2Cl)S(=O)(=O)c2ccccc2)cc1. The number of nitrogens with zero attached hydrogens (tertiary/aromatic N) is 1. The number of hydrogen-bond acceptors (Lipinski definition) is 3. The fourth-order valence-corrected chi connectivity index (χ4v) is 4.64. The molecular formula is C22H20Cl2N2O3S. The lowest BCUT2D eigenvalue weighted by Crippen LogP contribution is -2.38. The Morgan fingerprint density at radius 3 is 2.23 bits per heavy atom. The molecule has 3 aromatic rings. The first-order chi connectivity index (χ1) is 14.3. The Hall–Kier alpha value is -2.54. The van der Waals surface area contributed by atoms with Crippen molar-refractivity contribution in [3.05, 3.63) is 88.4 Å². The first kappa shape index (κ1) is 22.2. The molecule has 5 nitrogen and oxygen atoms in total. The summed E-state index contributed by atoms with van der Waals surface area (Å²) < 4.78 is 27.7. The minimum Gasteiger partial charge on any atom is -0.323 e. The van der Waals surface area contributed by atoms with Crippen LogP contribution in [0.15, 0.2) is 77.7 Å². The lowest BCUT2D eigenvalue weighted by molar-refractivity contribution is -0.114. The maximum absolute atomic E-state index is 13.3. The number of halogens is 2. The van der Waals surface area contributed by atoms with Crippen LogP contribution in [-0.2, 0) is 21.2 Å². The lowest BCUT2D eigenvalue weighted by atomic mass is 10.1. The second-order valence-electron chi connectivity index (χ2n) is 6.49. The summed E-state index contributed by atoms with van der Waals surface area (Å²) in [6.45, 7) is 1.58. The van der Waals surface area contributed by atoms with E-state index < -0.39 is 22.5 Å². The number of carbonyl (C=O) groups is 1. The second kappa shape index (κ2) is 9.51. The molecule has 1 N–H and O–H groups in total. The van der Waals surface area contributed by atoms with Crippen LogP contribution in [0, 0.1) is 0 Å². The maximum atomic E-state index is 13.3. The largest absolute Gasteiger partial charge is 0.323 e. The molecule has 0 fully saturated rings. The zero-order valence-electron chi connectivity index (χ0n) is 16.2. The van der Waals surface area contributed by atoms with Crippen molar-refractivity contribution < 1.29 is 13.2 Å². The van der Waals surface area contributed by atoms with E-state index in [0.717, 1.165) is 16.3 Å². The van der Waals surface area contributed by atoms with Crippen molar-refractivity contribution in [1.82, 2.24) is 0 Å². The zero-order valence-corrected chi connectivity index (χ0v) is 18.5. The third kappa shape index (κ3) is 4.95. The van der Waals surface area contributed by atoms with Gasteiger partial charge in [0.2, 0.25) is 5.91 Å². The molecule has 3 aromatic carbocycles. The highest BCUT2D eigenvalue weighted by Gasteiger charge is 2.27. The Morgan fingerprint density at radius 1 is 0.933 bits per heavy atom. The van der Waals surface area contributed by atoms with E-state index >= 15 is 0 Å². The number of sulfonamides is 1. The van der Waals surface area contributed by atoms with Crippen molar-refractivity contribution in [3.8, 4) is 0 Å². The number of nitrogens with one attached hydrogen (secondary N) is 1. The summed E-state index contributed by atoms with van der Waals surface area (Å²) in [5.74, 6) is -0.543. The number of amides is 1. The van der Waals surface area contributed by atoms with Gasteiger partial charge in [0.25, 0.3) is 10.0 Å². The Bertz CT molecular complexity index is 1130. The van der Waals surface area contributed by atoms with Crippen LogP contribution in [0.2, 0.25) is 10.0 Å². The second-order valence-corrected chi connectivity index (χ2v) is 9.14. The summed E-state index contributed by atoms with van der Waals surface area (Å²) in [5.41, 5.74) is 1.77. The molecule has 0 saturated heterocycles. The molecule has 0 unspecified atom stereocenters. The van der Waals surface area contributed by atoms with Crippen molar-refractivity contribution >= 4 is 50.5 Å². The first-order valence-electron chi connectivity index (χ1n) is 9.23. The molecule has 0 aliphatic carbocycles. The summed E-state index contributed by atoms with van der Waals surface area (Å²) in [6, 6.07) is 19.9. The molecule has 1 amide bonds. The number of benzene rings is 3. The van der Waals surface area contributed by atoms with Crippen LogP contribution in [0.4, 0.5) is 11.4 Å². The molecule has 0 aromatic heterocycles. The van der Waals surface area contributed by atoms with Crippen molar-refractivity contribution in [2.75, 3.05) is 16.2 Å². The molecule has 3 rings (SSSR count). The lowest BCUT2D eigenvalue weighted by Gasteiger charge is -2.24. The van der Waals surface area contributed by atoms with Gasteiger partial charge in [-0.25, -0.2) is 8.42 Å². The van der Waals surface area contributed by atoms with Gasteiger partial charge in [-0.05, 0) is 48.4 Å². The highest BCUT2D eigenvalue weighted by atomic mass is 35.5. The number of aryl methyl sites for hydroxylation is 1. The van der Waals surface area contributed by atoms with Crippen molar-refractivity contribution in [2.45, 2.75) is 18.2 Å². The van der Waals surface area contributed by atoms with Gasteiger partial charge in [0.15, 0.2) is 0 Å². The highest BCUT2D eigenvalue weighted by molar-refractivity contribution is 7.92. The number of carbonyl (C=O) groups excluding carboxylic acids is 1. The standard InChI is InChI=1S/C22H20Cl2N2O3S/c1-2-16-11-13-17(14-12-16)26(30(28,29)18-7-4-3-5-8-18)15-21(27)25-20-10-6-9-19(23)22(20)24/h3-14H,2,15H2,1H3,(H,25,27). The first-order valence-corrected chi connectivity index (χ1v) is 11.4. The van der Waals surface area contributed by atoms with E-state index in [0.29, 0.717) is 16.4 Å². The van der Waals surface area contributed by atoms with Gasteiger partial charge < -0.3 is 5.32 Å². The normalized spacial score (nSPS) is 11.2. The molecule has 30 heavy (non-hydrogen) atoms. The molecule has 0 heterocycles. The molecule has 0 atom stereocenters. The van der Waals surface area contributed by atoms with E-state index in [2.05, 4.69) is 5.32 Å². The van der Waals surface area contributed by atoms with Crippen LogP contribution in [0.3, 0.4) is 0 Å². The fourth-order valence-electron chi connectivity index (χ4n) is 2.85. The van der Waals surface area contributed by atoms with Crippen molar-refractivity contribution in [2.24, 2.45) is 0 Å². The quantitative estimate of drug-likeness (QED) is 0.511. The van der Waals surface area contributed by atoms with Gasteiger partial charge in [-0.15, -0.1) is 0 Å². The average Bonchev–Trinajstić information content (AvgIpc) is 2.76. The average molecular weight is 463 g/mol. The number of hydrogen-bond donors (Lipinski definition) is 1. The molecule has 156 valence electrons. The van der Waals surface area contributed by atoms with Gasteiger partial charge in [0.1, 0.15) is 6.54 Å². The molecule has 0 bridgehead atoms. The van der Waals surface area contributed by atoms with Crippen molar-refractivity contribution in [1.29, 1.82) is 0 Å². The van der Waals surface area contributed by atoms with E-state index in [9.17, 15) is 13.2 Å². The third-order valence-electron chi connectivity index (χ3n) is 4.48. The van der Waals surface area contributed by atoms with Crippen LogP contribution in [0.25, 0.3) is 0 Å². The van der Waals surface area contributed by atoms with Crippen LogP contribution >= 0.6 is 23.2 Å². The van der Waals surface area contributed by atoms with Gasteiger partial charge in [-0.3, -0.25) is 9.10 Å². The molecule has 8 heteroatoms. The van der Waals surface area contributed by atoms with E-state index in [-0.39, 0.29) is 9.92 Å². The maximum Gasteiger partial charge on any atom is 0.264 e. The predicted molar refractivity (Wildman–Crippen MR) is 122 cm³/mol. The topological polar surface area (TPSA) is 66.5 Å². The van der Waals surface area contributed by atoms with Crippen LogP contribution < -0.4 is 9.62 Å². The summed E-state index contributed by atoms with van der Waals surface area (Å²) in [6.07, 6.45) is 0.819. The molecular weight excluding hydrogens is 443 g/mol. The highest BCUT2D eigenvalue weighted by Crippen LogP contribution is 2.30. The fraction of sp³-hybridized carbons (Fsp3) is 0.136. The Kier molecular flexibility index (Phi) is 7.02. The summed E-state index contributed by atoms with van der Waals surface area (Å²) in [7, 11) is -3.97. The summed E-state index contributed by atoms with van der Waals surface area (Å²) in [4.78, 5) is 12.8. The number of rotatable bonds is 7. The Morgan fingerprint density at radius 2 is 1.60 bits per heavy atom. The van der Waals surface area contributed by atoms with Gasteiger partial charge >= 0.3 is 0 Å². The van der Waals surface area contributed by atoms with Crippen LogP contribution in [0.1, 0.15) is 12.5 Å². The Labute approximate surface area is 186 Å². The molecule has 0 aliphatic heterocycles. The summed E-state index contributed by atoms with van der Waals surface area (Å²) in [5, 5.41) is 3.12. The van der Waals surface area contributed by atoms with Crippen molar-refractivity contribution in [3.63, 3.8) is 0 Å². The van der Waals surface area contributed by atoms with Gasteiger partial charge in [0, 0.05) is 0 Å². The van der Waals surface area contributed by atoms with E-state index in [1.807, 2.05) is 19.1 Å². The monoisotopic (exact) mass is 462 g/mol. The van der Waals surface area contributed by atoms with Gasteiger partial charge in [-0.2, -0.15) is 0 Å².